The molecule has 0 aliphatic rings. The Bertz CT molecular complexity index is 993. The Morgan fingerprint density at radius 2 is 1.56 bits per heavy atom. The molecule has 0 fully saturated rings. The molecule has 2 atom stereocenters. The van der Waals surface area contributed by atoms with Gasteiger partial charge >= 0.3 is 6.09 Å². The van der Waals surface area contributed by atoms with E-state index in [0.717, 1.165) is 16.7 Å². The lowest BCUT2D eigenvalue weighted by molar-refractivity contribution is 0.0585. The predicted molar refractivity (Wildman–Crippen MR) is 124 cm³/mol. The third-order valence-corrected chi connectivity index (χ3v) is 5.09. The van der Waals surface area contributed by atoms with Crippen LogP contribution in [0.15, 0.2) is 78.9 Å². The Labute approximate surface area is 189 Å². The fourth-order valence-corrected chi connectivity index (χ4v) is 3.36. The molecule has 3 aromatic carbocycles. The molecule has 6 heteroatoms. The van der Waals surface area contributed by atoms with E-state index in [2.05, 4.69) is 0 Å². The van der Waals surface area contributed by atoms with Gasteiger partial charge in [0.15, 0.2) is 11.5 Å². The van der Waals surface area contributed by atoms with Gasteiger partial charge in [0.05, 0.1) is 13.2 Å². The number of ether oxygens (including phenoxy) is 3. The number of hydrogen-bond acceptors (Lipinski definition) is 5. The highest BCUT2D eigenvalue weighted by atomic mass is 16.6. The Kier molecular flexibility index (Phi) is 8.11. The Hall–Kier alpha value is -3.51. The minimum absolute atomic E-state index is 0.206. The van der Waals surface area contributed by atoms with Crippen molar-refractivity contribution in [3.63, 3.8) is 0 Å². The number of carbonyl (C=O) groups excluding carboxylic acids is 1. The molecule has 0 aromatic heterocycles. The fraction of sp³-hybridized carbons (Fsp3) is 0.269. The summed E-state index contributed by atoms with van der Waals surface area (Å²) in [5, 5.41) is 0. The van der Waals surface area contributed by atoms with Crippen LogP contribution in [0, 0.1) is 0 Å². The quantitative estimate of drug-likeness (QED) is 0.464. The summed E-state index contributed by atoms with van der Waals surface area (Å²) in [6.45, 7) is 4.36. The van der Waals surface area contributed by atoms with E-state index in [9.17, 15) is 4.79 Å². The van der Waals surface area contributed by atoms with Crippen LogP contribution in [0.3, 0.4) is 0 Å². The summed E-state index contributed by atoms with van der Waals surface area (Å²) in [6.07, 6.45) is -1.17. The lowest BCUT2D eigenvalue weighted by Gasteiger charge is -2.30. The average molecular weight is 435 g/mol. The van der Waals surface area contributed by atoms with Gasteiger partial charge in [-0.1, -0.05) is 66.7 Å². The van der Waals surface area contributed by atoms with Crippen LogP contribution in [0.25, 0.3) is 0 Å². The van der Waals surface area contributed by atoms with E-state index in [1.165, 1.54) is 0 Å². The summed E-state index contributed by atoms with van der Waals surface area (Å²) >= 11 is 0. The second-order valence-corrected chi connectivity index (χ2v) is 7.56. The SMILES string of the molecule is COc1cc(CN(C(=O)OC(C)N)C(C)c2ccccc2)ccc1OCc1ccccc1. The molecule has 2 unspecified atom stereocenters. The van der Waals surface area contributed by atoms with Crippen LogP contribution in [0.1, 0.15) is 36.6 Å². The molecule has 0 saturated heterocycles. The van der Waals surface area contributed by atoms with E-state index in [0.29, 0.717) is 24.7 Å². The lowest BCUT2D eigenvalue weighted by atomic mass is 10.1. The van der Waals surface area contributed by atoms with E-state index in [4.69, 9.17) is 19.9 Å². The van der Waals surface area contributed by atoms with E-state index < -0.39 is 12.3 Å². The predicted octanol–water partition coefficient (Wildman–Crippen LogP) is 5.28. The van der Waals surface area contributed by atoms with Crippen LogP contribution in [0.4, 0.5) is 4.79 Å². The zero-order chi connectivity index (χ0) is 22.9. The van der Waals surface area contributed by atoms with Gasteiger partial charge in [-0.3, -0.25) is 10.6 Å². The molecule has 0 spiro atoms. The van der Waals surface area contributed by atoms with Gasteiger partial charge in [0.2, 0.25) is 0 Å². The van der Waals surface area contributed by atoms with Crippen molar-refractivity contribution >= 4 is 6.09 Å². The van der Waals surface area contributed by atoms with Gasteiger partial charge in [0, 0.05) is 6.54 Å². The van der Waals surface area contributed by atoms with Crippen LogP contribution < -0.4 is 15.2 Å². The minimum Gasteiger partial charge on any atom is -0.493 e. The van der Waals surface area contributed by atoms with Gasteiger partial charge in [0.1, 0.15) is 12.8 Å². The zero-order valence-corrected chi connectivity index (χ0v) is 18.7. The molecule has 168 valence electrons. The number of hydrogen-bond donors (Lipinski definition) is 1. The smallest absolute Gasteiger partial charge is 0.412 e. The number of rotatable bonds is 9. The first-order valence-corrected chi connectivity index (χ1v) is 10.6. The van der Waals surface area contributed by atoms with Crippen molar-refractivity contribution in [1.29, 1.82) is 0 Å². The second kappa shape index (κ2) is 11.2. The first kappa shape index (κ1) is 23.2. The van der Waals surface area contributed by atoms with Gasteiger partial charge < -0.3 is 14.2 Å². The molecule has 0 aliphatic carbocycles. The molecule has 0 radical (unpaired) electrons. The van der Waals surface area contributed by atoms with Crippen molar-refractivity contribution in [1.82, 2.24) is 4.90 Å². The van der Waals surface area contributed by atoms with Gasteiger partial charge in [-0.15, -0.1) is 0 Å². The molecule has 32 heavy (non-hydrogen) atoms. The largest absolute Gasteiger partial charge is 0.493 e. The zero-order valence-electron chi connectivity index (χ0n) is 18.7. The number of nitrogens with two attached hydrogens (primary N) is 1. The second-order valence-electron chi connectivity index (χ2n) is 7.56. The summed E-state index contributed by atoms with van der Waals surface area (Å²) in [7, 11) is 1.60. The highest BCUT2D eigenvalue weighted by molar-refractivity contribution is 5.68. The monoisotopic (exact) mass is 434 g/mol. The van der Waals surface area contributed by atoms with Crippen molar-refractivity contribution in [2.45, 2.75) is 39.3 Å². The van der Waals surface area contributed by atoms with Gasteiger partial charge in [-0.05, 0) is 42.7 Å². The van der Waals surface area contributed by atoms with Crippen molar-refractivity contribution in [3.8, 4) is 11.5 Å². The van der Waals surface area contributed by atoms with E-state index in [-0.39, 0.29) is 6.04 Å². The molecule has 0 aliphatic heterocycles. The van der Waals surface area contributed by atoms with Crippen molar-refractivity contribution in [2.75, 3.05) is 7.11 Å². The highest BCUT2D eigenvalue weighted by Crippen LogP contribution is 2.31. The maximum atomic E-state index is 12.8. The standard InChI is InChI=1S/C26H30N2O4/c1-19(23-12-8-5-9-13-23)28(26(29)32-20(2)27)17-22-14-15-24(25(16-22)30-3)31-18-21-10-6-4-7-11-21/h4-16,19-20H,17-18,27H2,1-3H3. The molecule has 3 rings (SSSR count). The topological polar surface area (TPSA) is 74.0 Å². The fourth-order valence-electron chi connectivity index (χ4n) is 3.36. The molecular weight excluding hydrogens is 404 g/mol. The van der Waals surface area contributed by atoms with Gasteiger partial charge in [-0.2, -0.15) is 0 Å². The maximum absolute atomic E-state index is 12.8. The van der Waals surface area contributed by atoms with Crippen LogP contribution in [-0.2, 0) is 17.9 Å². The third-order valence-electron chi connectivity index (χ3n) is 5.09. The molecule has 2 N–H and O–H groups in total. The van der Waals surface area contributed by atoms with Crippen LogP contribution in [0.2, 0.25) is 0 Å². The Balaban J connectivity index is 1.79. The van der Waals surface area contributed by atoms with Crippen molar-refractivity contribution in [3.05, 3.63) is 95.6 Å². The minimum atomic E-state index is -0.698. The molecule has 0 saturated carbocycles. The summed E-state index contributed by atoms with van der Waals surface area (Å²) in [6, 6.07) is 25.2. The van der Waals surface area contributed by atoms with E-state index in [1.807, 2.05) is 85.8 Å². The number of methoxy groups -OCH3 is 1. The van der Waals surface area contributed by atoms with Crippen LogP contribution in [0.5, 0.6) is 11.5 Å². The molecule has 0 bridgehead atoms. The summed E-state index contributed by atoms with van der Waals surface area (Å²) < 4.78 is 16.8. The summed E-state index contributed by atoms with van der Waals surface area (Å²) in [5.41, 5.74) is 8.66. The molecule has 6 nitrogen and oxygen atoms in total. The lowest BCUT2D eigenvalue weighted by Crippen LogP contribution is -2.37. The van der Waals surface area contributed by atoms with E-state index >= 15 is 0 Å². The van der Waals surface area contributed by atoms with Crippen molar-refractivity contribution in [2.24, 2.45) is 5.73 Å². The van der Waals surface area contributed by atoms with E-state index in [1.54, 1.807) is 18.9 Å². The first-order valence-electron chi connectivity index (χ1n) is 10.6. The molecule has 0 heterocycles. The Morgan fingerprint density at radius 1 is 0.906 bits per heavy atom. The number of benzene rings is 3. The van der Waals surface area contributed by atoms with Crippen LogP contribution in [-0.4, -0.2) is 24.3 Å². The van der Waals surface area contributed by atoms with Gasteiger partial charge in [-0.25, -0.2) is 4.79 Å². The number of nitrogens with zero attached hydrogens (tertiary/aromatic N) is 1. The molecular formula is C26H30N2O4. The van der Waals surface area contributed by atoms with Crippen molar-refractivity contribution < 1.29 is 19.0 Å². The van der Waals surface area contributed by atoms with Crippen LogP contribution >= 0.6 is 0 Å². The molecule has 1 amide bonds. The summed E-state index contributed by atoms with van der Waals surface area (Å²) in [5.74, 6) is 1.24. The number of amides is 1. The average Bonchev–Trinajstić information content (AvgIpc) is 2.81. The summed E-state index contributed by atoms with van der Waals surface area (Å²) in [4.78, 5) is 14.5. The normalized spacial score (nSPS) is 12.5. The van der Waals surface area contributed by atoms with Gasteiger partial charge in [0.25, 0.3) is 0 Å². The maximum Gasteiger partial charge on any atom is 0.412 e. The Morgan fingerprint density at radius 3 is 2.19 bits per heavy atom. The molecule has 3 aromatic rings. The first-order chi connectivity index (χ1) is 15.5. The highest BCUT2D eigenvalue weighted by Gasteiger charge is 2.24. The third kappa shape index (κ3) is 6.25. The number of carbonyl (C=O) groups is 1.